The zero-order valence-electron chi connectivity index (χ0n) is 11.3. The summed E-state index contributed by atoms with van der Waals surface area (Å²) < 4.78 is 4.70. The number of ether oxygens (including phenoxy) is 1. The highest BCUT2D eigenvalue weighted by Crippen LogP contribution is 2.34. The van der Waals surface area contributed by atoms with E-state index in [9.17, 15) is 19.5 Å². The predicted molar refractivity (Wildman–Crippen MR) is 69.9 cm³/mol. The second kappa shape index (κ2) is 6.18. The summed E-state index contributed by atoms with van der Waals surface area (Å²) in [6.45, 7) is 3.32. The van der Waals surface area contributed by atoms with Gasteiger partial charge in [-0.05, 0) is 38.0 Å². The molecule has 6 nitrogen and oxygen atoms in total. The summed E-state index contributed by atoms with van der Waals surface area (Å²) in [6, 6.07) is 0. The standard InChI is InChI=1S/C14H16O6/c1-3-20-11(15)5-4-9-6-10(12(16)17)8-14(2,7-9)13(18)19/h4-7H,3,8H2,1-2H3,(H,16,17)(H,18,19). The molecule has 0 fully saturated rings. The Labute approximate surface area is 116 Å². The normalized spacial score (nSPS) is 22.1. The number of allylic oxidation sites excluding steroid dienone is 3. The minimum atomic E-state index is -1.31. The lowest BCUT2D eigenvalue weighted by atomic mass is 9.77. The quantitative estimate of drug-likeness (QED) is 0.585. The van der Waals surface area contributed by atoms with E-state index in [1.165, 1.54) is 25.2 Å². The molecule has 1 aliphatic rings. The van der Waals surface area contributed by atoms with E-state index >= 15 is 0 Å². The molecule has 0 heterocycles. The molecule has 0 aliphatic heterocycles. The molecular formula is C14H16O6. The number of esters is 1. The molecule has 0 aromatic heterocycles. The van der Waals surface area contributed by atoms with Crippen LogP contribution in [0.15, 0.2) is 35.5 Å². The van der Waals surface area contributed by atoms with Crippen LogP contribution in [0.3, 0.4) is 0 Å². The zero-order chi connectivity index (χ0) is 15.3. The van der Waals surface area contributed by atoms with E-state index in [1.54, 1.807) is 6.92 Å². The van der Waals surface area contributed by atoms with E-state index in [-0.39, 0.29) is 18.6 Å². The highest BCUT2D eigenvalue weighted by molar-refractivity contribution is 5.91. The monoisotopic (exact) mass is 280 g/mol. The van der Waals surface area contributed by atoms with Gasteiger partial charge in [-0.1, -0.05) is 6.08 Å². The highest BCUT2D eigenvalue weighted by atomic mass is 16.5. The van der Waals surface area contributed by atoms with Gasteiger partial charge in [-0.3, -0.25) is 4.79 Å². The van der Waals surface area contributed by atoms with Crippen LogP contribution < -0.4 is 0 Å². The Morgan fingerprint density at radius 1 is 1.40 bits per heavy atom. The van der Waals surface area contributed by atoms with E-state index in [4.69, 9.17) is 9.84 Å². The molecule has 0 amide bonds. The molecule has 2 N–H and O–H groups in total. The van der Waals surface area contributed by atoms with Crippen LogP contribution in [-0.4, -0.2) is 34.7 Å². The lowest BCUT2D eigenvalue weighted by Gasteiger charge is -2.25. The van der Waals surface area contributed by atoms with Gasteiger partial charge in [0, 0.05) is 11.6 Å². The lowest BCUT2D eigenvalue weighted by molar-refractivity contribution is -0.145. The first kappa shape index (κ1) is 15.7. The molecule has 0 saturated heterocycles. The third-order valence-corrected chi connectivity index (χ3v) is 2.85. The van der Waals surface area contributed by atoms with Crippen LogP contribution in [0, 0.1) is 5.41 Å². The highest BCUT2D eigenvalue weighted by Gasteiger charge is 2.36. The van der Waals surface area contributed by atoms with Crippen molar-refractivity contribution in [2.45, 2.75) is 20.3 Å². The Bertz CT molecular complexity index is 526. The maximum absolute atomic E-state index is 11.2. The summed E-state index contributed by atoms with van der Waals surface area (Å²) in [5.74, 6) is -2.86. The molecule has 20 heavy (non-hydrogen) atoms. The first-order valence-electron chi connectivity index (χ1n) is 6.03. The molecule has 0 aromatic carbocycles. The summed E-state index contributed by atoms with van der Waals surface area (Å²) in [5, 5.41) is 18.2. The molecule has 0 bridgehead atoms. The summed E-state index contributed by atoms with van der Waals surface area (Å²) in [5.41, 5.74) is -0.968. The smallest absolute Gasteiger partial charge is 0.331 e. The third-order valence-electron chi connectivity index (χ3n) is 2.85. The lowest BCUT2D eigenvalue weighted by Crippen LogP contribution is -2.29. The number of carbonyl (C=O) groups excluding carboxylic acids is 1. The largest absolute Gasteiger partial charge is 0.481 e. The molecule has 1 unspecified atom stereocenters. The SMILES string of the molecule is CCOC(=O)C=CC1=CC(C)(C(=O)O)CC(C(=O)O)=C1. The van der Waals surface area contributed by atoms with E-state index in [2.05, 4.69) is 0 Å². The number of hydrogen-bond donors (Lipinski definition) is 2. The fourth-order valence-electron chi connectivity index (χ4n) is 1.83. The van der Waals surface area contributed by atoms with Gasteiger partial charge in [0.1, 0.15) is 0 Å². The van der Waals surface area contributed by atoms with Gasteiger partial charge in [0.15, 0.2) is 0 Å². The van der Waals surface area contributed by atoms with Crippen LogP contribution in [0.4, 0.5) is 0 Å². The van der Waals surface area contributed by atoms with Gasteiger partial charge in [-0.2, -0.15) is 0 Å². The maximum Gasteiger partial charge on any atom is 0.331 e. The maximum atomic E-state index is 11.2. The average Bonchev–Trinajstić information content (AvgIpc) is 2.36. The Morgan fingerprint density at radius 2 is 2.05 bits per heavy atom. The molecule has 1 atom stereocenters. The molecular weight excluding hydrogens is 264 g/mol. The topological polar surface area (TPSA) is 101 Å². The summed E-state index contributed by atoms with van der Waals surface area (Å²) in [6.07, 6.45) is 5.16. The average molecular weight is 280 g/mol. The summed E-state index contributed by atoms with van der Waals surface area (Å²) in [4.78, 5) is 33.5. The Kier molecular flexibility index (Phi) is 4.85. The number of carboxylic acids is 2. The van der Waals surface area contributed by atoms with Crippen molar-refractivity contribution in [1.82, 2.24) is 0 Å². The van der Waals surface area contributed by atoms with Gasteiger partial charge in [-0.15, -0.1) is 0 Å². The molecule has 1 aliphatic carbocycles. The fourth-order valence-corrected chi connectivity index (χ4v) is 1.83. The van der Waals surface area contributed by atoms with Gasteiger partial charge in [0.2, 0.25) is 0 Å². The second-order valence-electron chi connectivity index (χ2n) is 4.60. The van der Waals surface area contributed by atoms with Crippen LogP contribution in [-0.2, 0) is 19.1 Å². The summed E-state index contributed by atoms with van der Waals surface area (Å²) in [7, 11) is 0. The predicted octanol–water partition coefficient (Wildman–Crippen LogP) is 1.54. The number of rotatable bonds is 5. The van der Waals surface area contributed by atoms with Gasteiger partial charge in [-0.25, -0.2) is 9.59 Å². The van der Waals surface area contributed by atoms with Crippen LogP contribution in [0.25, 0.3) is 0 Å². The second-order valence-corrected chi connectivity index (χ2v) is 4.60. The van der Waals surface area contributed by atoms with Crippen LogP contribution in [0.5, 0.6) is 0 Å². The van der Waals surface area contributed by atoms with Crippen molar-refractivity contribution >= 4 is 17.9 Å². The minimum Gasteiger partial charge on any atom is -0.481 e. The van der Waals surface area contributed by atoms with Crippen molar-refractivity contribution in [1.29, 1.82) is 0 Å². The van der Waals surface area contributed by atoms with Crippen molar-refractivity contribution in [2.75, 3.05) is 6.61 Å². The number of aliphatic carboxylic acids is 2. The summed E-state index contributed by atoms with van der Waals surface area (Å²) >= 11 is 0. The van der Waals surface area contributed by atoms with Gasteiger partial charge < -0.3 is 14.9 Å². The van der Waals surface area contributed by atoms with E-state index in [0.29, 0.717) is 5.57 Å². The molecule has 108 valence electrons. The zero-order valence-corrected chi connectivity index (χ0v) is 11.3. The van der Waals surface area contributed by atoms with Gasteiger partial charge >= 0.3 is 17.9 Å². The van der Waals surface area contributed by atoms with Crippen molar-refractivity contribution in [3.63, 3.8) is 0 Å². The molecule has 6 heteroatoms. The number of hydrogen-bond acceptors (Lipinski definition) is 4. The van der Waals surface area contributed by atoms with Crippen LogP contribution >= 0.6 is 0 Å². The molecule has 1 rings (SSSR count). The number of carbonyl (C=O) groups is 3. The Hall–Kier alpha value is -2.37. The van der Waals surface area contributed by atoms with Crippen molar-refractivity contribution in [3.8, 4) is 0 Å². The molecule has 0 saturated carbocycles. The molecule has 0 spiro atoms. The Morgan fingerprint density at radius 3 is 2.55 bits per heavy atom. The first-order valence-corrected chi connectivity index (χ1v) is 6.03. The van der Waals surface area contributed by atoms with E-state index in [0.717, 1.165) is 6.08 Å². The molecule has 0 radical (unpaired) electrons. The first-order chi connectivity index (χ1) is 9.28. The molecule has 0 aromatic rings. The van der Waals surface area contributed by atoms with Crippen molar-refractivity contribution < 1.29 is 29.3 Å². The van der Waals surface area contributed by atoms with Crippen LogP contribution in [0.2, 0.25) is 0 Å². The van der Waals surface area contributed by atoms with E-state index in [1.807, 2.05) is 0 Å². The minimum absolute atomic E-state index is 0.0130. The third kappa shape index (κ3) is 3.81. The van der Waals surface area contributed by atoms with Gasteiger partial charge in [0.05, 0.1) is 12.0 Å². The fraction of sp³-hybridized carbons (Fsp3) is 0.357. The number of carboxylic acid groups (broad SMARTS) is 2. The van der Waals surface area contributed by atoms with Crippen molar-refractivity contribution in [3.05, 3.63) is 35.5 Å². The van der Waals surface area contributed by atoms with Gasteiger partial charge in [0.25, 0.3) is 0 Å². The van der Waals surface area contributed by atoms with Crippen molar-refractivity contribution in [2.24, 2.45) is 5.41 Å². The van der Waals surface area contributed by atoms with E-state index < -0.39 is 23.3 Å². The van der Waals surface area contributed by atoms with Crippen LogP contribution in [0.1, 0.15) is 20.3 Å². The Balaban J connectivity index is 3.07.